The molecule has 0 radical (unpaired) electrons. The van der Waals surface area contributed by atoms with Crippen molar-refractivity contribution in [3.63, 3.8) is 0 Å². The van der Waals surface area contributed by atoms with Gasteiger partial charge in [0.25, 0.3) is 0 Å². The van der Waals surface area contributed by atoms with Crippen LogP contribution in [0.5, 0.6) is 11.5 Å². The predicted molar refractivity (Wildman–Crippen MR) is 68.4 cm³/mol. The van der Waals surface area contributed by atoms with E-state index in [1.54, 1.807) is 6.07 Å². The van der Waals surface area contributed by atoms with Gasteiger partial charge in [0.1, 0.15) is 0 Å². The summed E-state index contributed by atoms with van der Waals surface area (Å²) in [6.45, 7) is 0.500. The Hall–Kier alpha value is -1.29. The highest BCUT2D eigenvalue weighted by Crippen LogP contribution is 2.42. The number of rotatable bonds is 3. The molecule has 4 heteroatoms. The van der Waals surface area contributed by atoms with Crippen LogP contribution in [0.3, 0.4) is 0 Å². The maximum Gasteiger partial charge on any atom is 0.194 e. The van der Waals surface area contributed by atoms with Crippen molar-refractivity contribution in [2.24, 2.45) is 5.73 Å². The molecular weight excluding hydrogens is 233 g/mol. The Bertz CT molecular complexity index is 428. The predicted octanol–water partition coefficient (Wildman–Crippen LogP) is 2.70. The summed E-state index contributed by atoms with van der Waals surface area (Å²) in [5, 5.41) is 9.55. The number of phenolic OH excluding ortho intramolecular Hbond substituents is 1. The molecule has 18 heavy (non-hydrogen) atoms. The molecular formula is C14H20FNO2. The van der Waals surface area contributed by atoms with Gasteiger partial charge in [-0.1, -0.05) is 19.3 Å². The van der Waals surface area contributed by atoms with Crippen molar-refractivity contribution in [2.45, 2.75) is 37.5 Å². The van der Waals surface area contributed by atoms with Crippen LogP contribution in [-0.4, -0.2) is 18.8 Å². The van der Waals surface area contributed by atoms with Crippen molar-refractivity contribution in [2.75, 3.05) is 13.7 Å². The van der Waals surface area contributed by atoms with Gasteiger partial charge in [0, 0.05) is 12.0 Å². The first-order chi connectivity index (χ1) is 8.63. The largest absolute Gasteiger partial charge is 0.502 e. The maximum absolute atomic E-state index is 13.7. The van der Waals surface area contributed by atoms with Gasteiger partial charge in [-0.3, -0.25) is 0 Å². The fourth-order valence-corrected chi connectivity index (χ4v) is 2.87. The lowest BCUT2D eigenvalue weighted by molar-refractivity contribution is 0.295. The third kappa shape index (κ3) is 2.17. The van der Waals surface area contributed by atoms with Gasteiger partial charge in [0.05, 0.1) is 7.11 Å². The summed E-state index contributed by atoms with van der Waals surface area (Å²) >= 11 is 0. The lowest BCUT2D eigenvalue weighted by Crippen LogP contribution is -2.37. The van der Waals surface area contributed by atoms with Gasteiger partial charge in [0.2, 0.25) is 0 Å². The average Bonchev–Trinajstić information content (AvgIpc) is 2.42. The van der Waals surface area contributed by atoms with Crippen LogP contribution in [0.25, 0.3) is 0 Å². The molecule has 1 aromatic carbocycles. The number of nitrogens with two attached hydrogens (primary N) is 1. The first kappa shape index (κ1) is 13.1. The highest BCUT2D eigenvalue weighted by molar-refractivity contribution is 5.45. The van der Waals surface area contributed by atoms with Crippen LogP contribution in [0.15, 0.2) is 12.1 Å². The minimum absolute atomic E-state index is 0.167. The van der Waals surface area contributed by atoms with Crippen molar-refractivity contribution in [3.8, 4) is 11.5 Å². The molecule has 0 atom stereocenters. The highest BCUT2D eigenvalue weighted by Gasteiger charge is 2.33. The Morgan fingerprint density at radius 2 is 2.00 bits per heavy atom. The molecule has 0 saturated heterocycles. The zero-order valence-electron chi connectivity index (χ0n) is 10.7. The van der Waals surface area contributed by atoms with Gasteiger partial charge < -0.3 is 15.6 Å². The van der Waals surface area contributed by atoms with E-state index in [0.29, 0.717) is 6.54 Å². The van der Waals surface area contributed by atoms with Crippen molar-refractivity contribution >= 4 is 0 Å². The number of phenols is 1. The van der Waals surface area contributed by atoms with E-state index < -0.39 is 11.6 Å². The van der Waals surface area contributed by atoms with Crippen LogP contribution < -0.4 is 10.5 Å². The number of aromatic hydroxyl groups is 1. The van der Waals surface area contributed by atoms with Crippen molar-refractivity contribution in [1.29, 1.82) is 0 Å². The van der Waals surface area contributed by atoms with Crippen LogP contribution >= 0.6 is 0 Å². The summed E-state index contributed by atoms with van der Waals surface area (Å²) in [6, 6.07) is 3.12. The fourth-order valence-electron chi connectivity index (χ4n) is 2.87. The van der Waals surface area contributed by atoms with Gasteiger partial charge in [0.15, 0.2) is 17.3 Å². The topological polar surface area (TPSA) is 55.5 Å². The van der Waals surface area contributed by atoms with E-state index in [1.807, 2.05) is 0 Å². The van der Waals surface area contributed by atoms with Crippen molar-refractivity contribution in [1.82, 2.24) is 0 Å². The summed E-state index contributed by atoms with van der Waals surface area (Å²) in [7, 11) is 1.42. The molecule has 0 bridgehead atoms. The zero-order valence-corrected chi connectivity index (χ0v) is 10.7. The van der Waals surface area contributed by atoms with Gasteiger partial charge in [-0.25, -0.2) is 4.39 Å². The second-order valence-electron chi connectivity index (χ2n) is 5.05. The first-order valence-corrected chi connectivity index (χ1v) is 6.40. The van der Waals surface area contributed by atoms with E-state index in [2.05, 4.69) is 0 Å². The van der Waals surface area contributed by atoms with E-state index in [-0.39, 0.29) is 11.2 Å². The molecule has 0 spiro atoms. The van der Waals surface area contributed by atoms with Gasteiger partial charge in [-0.05, 0) is 30.5 Å². The maximum atomic E-state index is 13.7. The standard InChI is InChI=1S/C14H20FNO2/c1-18-12-8-10(7-11(15)13(12)17)14(9-16)5-3-2-4-6-14/h7-8,17H,2-6,9,16H2,1H3. The molecule has 1 aromatic rings. The van der Waals surface area contributed by atoms with E-state index in [4.69, 9.17) is 10.5 Å². The second-order valence-corrected chi connectivity index (χ2v) is 5.05. The molecule has 1 saturated carbocycles. The number of halogens is 1. The quantitative estimate of drug-likeness (QED) is 0.870. The van der Waals surface area contributed by atoms with Crippen LogP contribution in [0.4, 0.5) is 4.39 Å². The normalized spacial score (nSPS) is 18.6. The fraction of sp³-hybridized carbons (Fsp3) is 0.571. The van der Waals surface area contributed by atoms with Crippen LogP contribution in [0, 0.1) is 5.82 Å². The summed E-state index contributed by atoms with van der Waals surface area (Å²) in [6.07, 6.45) is 5.37. The molecule has 0 aromatic heterocycles. The number of methoxy groups -OCH3 is 1. The highest BCUT2D eigenvalue weighted by atomic mass is 19.1. The number of hydrogen-bond acceptors (Lipinski definition) is 3. The second kappa shape index (κ2) is 5.14. The Kier molecular flexibility index (Phi) is 3.76. The third-order valence-electron chi connectivity index (χ3n) is 4.06. The van der Waals surface area contributed by atoms with E-state index in [1.165, 1.54) is 19.6 Å². The van der Waals surface area contributed by atoms with Gasteiger partial charge in [-0.15, -0.1) is 0 Å². The van der Waals surface area contributed by atoms with Gasteiger partial charge in [-0.2, -0.15) is 0 Å². The number of hydrogen-bond donors (Lipinski definition) is 2. The Labute approximate surface area is 107 Å². The molecule has 0 aliphatic heterocycles. The minimum Gasteiger partial charge on any atom is -0.502 e. The average molecular weight is 253 g/mol. The summed E-state index contributed by atoms with van der Waals surface area (Å²) in [5.74, 6) is -0.879. The molecule has 0 amide bonds. The molecule has 2 rings (SSSR count). The number of benzene rings is 1. The molecule has 3 N–H and O–H groups in total. The smallest absolute Gasteiger partial charge is 0.194 e. The Morgan fingerprint density at radius 1 is 1.33 bits per heavy atom. The summed E-state index contributed by atoms with van der Waals surface area (Å²) in [4.78, 5) is 0. The molecule has 0 unspecified atom stereocenters. The Morgan fingerprint density at radius 3 is 2.56 bits per heavy atom. The zero-order chi connectivity index (χ0) is 13.2. The minimum atomic E-state index is -0.636. The molecule has 1 aliphatic carbocycles. The SMILES string of the molecule is COc1cc(C2(CN)CCCCC2)cc(F)c1O. The molecule has 1 fully saturated rings. The Balaban J connectivity index is 2.45. The third-order valence-corrected chi connectivity index (χ3v) is 4.06. The monoisotopic (exact) mass is 253 g/mol. The van der Waals surface area contributed by atoms with Gasteiger partial charge >= 0.3 is 0 Å². The van der Waals surface area contributed by atoms with Crippen molar-refractivity contribution < 1.29 is 14.2 Å². The molecule has 1 aliphatic rings. The number of ether oxygens (including phenoxy) is 1. The summed E-state index contributed by atoms with van der Waals surface area (Å²) in [5.41, 5.74) is 6.60. The molecule has 0 heterocycles. The molecule has 3 nitrogen and oxygen atoms in total. The lowest BCUT2D eigenvalue weighted by Gasteiger charge is -2.37. The summed E-state index contributed by atoms with van der Waals surface area (Å²) < 4.78 is 18.7. The molecule has 100 valence electrons. The van der Waals surface area contributed by atoms with Crippen LogP contribution in [-0.2, 0) is 5.41 Å². The van der Waals surface area contributed by atoms with Crippen LogP contribution in [0.1, 0.15) is 37.7 Å². The first-order valence-electron chi connectivity index (χ1n) is 6.40. The van der Waals surface area contributed by atoms with E-state index in [0.717, 1.165) is 31.2 Å². The van der Waals surface area contributed by atoms with Crippen LogP contribution in [0.2, 0.25) is 0 Å². The lowest BCUT2D eigenvalue weighted by atomic mass is 9.69. The van der Waals surface area contributed by atoms with E-state index in [9.17, 15) is 9.50 Å². The van der Waals surface area contributed by atoms with E-state index >= 15 is 0 Å². The van der Waals surface area contributed by atoms with Crippen molar-refractivity contribution in [3.05, 3.63) is 23.5 Å².